The van der Waals surface area contributed by atoms with E-state index in [9.17, 15) is 4.79 Å². The molecular weight excluding hydrogens is 288 g/mol. The van der Waals surface area contributed by atoms with Gasteiger partial charge in [0.25, 0.3) is 5.56 Å². The minimum absolute atomic E-state index is 0.144. The zero-order valence-electron chi connectivity index (χ0n) is 11.0. The largest absolute Gasteiger partial charge is 0.390 e. The van der Waals surface area contributed by atoms with Crippen LogP contribution in [-0.4, -0.2) is 25.0 Å². The molecule has 0 saturated heterocycles. The van der Waals surface area contributed by atoms with Gasteiger partial charge in [-0.05, 0) is 5.56 Å². The lowest BCUT2D eigenvalue weighted by molar-refractivity contribution is 0.277. The Morgan fingerprint density at radius 1 is 1.19 bits per heavy atom. The fourth-order valence-corrected chi connectivity index (χ4v) is 2.62. The summed E-state index contributed by atoms with van der Waals surface area (Å²) in [6.45, 7) is -0.257. The number of hydrogen-bond acceptors (Lipinski definition) is 6. The number of fused-ring (bicyclic) bond motifs is 1. The van der Waals surface area contributed by atoms with Crippen LogP contribution in [-0.2, 0) is 12.4 Å². The maximum Gasteiger partial charge on any atom is 0.279 e. The zero-order chi connectivity index (χ0) is 14.7. The van der Waals surface area contributed by atoms with Crippen LogP contribution < -0.4 is 5.56 Å². The van der Waals surface area contributed by atoms with Gasteiger partial charge in [0.1, 0.15) is 0 Å². The number of aliphatic hydroxyl groups is 1. The topological polar surface area (TPSA) is 91.8 Å². The van der Waals surface area contributed by atoms with Crippen molar-refractivity contribution in [1.29, 1.82) is 0 Å². The lowest BCUT2D eigenvalue weighted by Gasteiger charge is -2.03. The summed E-state index contributed by atoms with van der Waals surface area (Å²) in [5.41, 5.74) is 1.57. The molecule has 106 valence electrons. The Balaban J connectivity index is 1.88. The quantitative estimate of drug-likeness (QED) is 0.560. The van der Waals surface area contributed by atoms with E-state index in [1.165, 1.54) is 18.0 Å². The summed E-state index contributed by atoms with van der Waals surface area (Å²) in [6.07, 6.45) is 1.42. The second-order valence-electron chi connectivity index (χ2n) is 4.34. The first-order valence-corrected chi connectivity index (χ1v) is 7.28. The van der Waals surface area contributed by atoms with Crippen LogP contribution in [0.15, 0.2) is 46.5 Å². The van der Waals surface area contributed by atoms with Crippen molar-refractivity contribution in [2.45, 2.75) is 17.5 Å². The third-order valence-corrected chi connectivity index (χ3v) is 3.77. The molecule has 0 fully saturated rings. The summed E-state index contributed by atoms with van der Waals surface area (Å²) in [4.78, 5) is 27.0. The molecule has 0 spiro atoms. The summed E-state index contributed by atoms with van der Waals surface area (Å²) < 4.78 is 0. The summed E-state index contributed by atoms with van der Waals surface area (Å²) in [5.74, 6) is 0.706. The molecular formula is C14H12N4O2S. The number of thioether (sulfide) groups is 1. The van der Waals surface area contributed by atoms with Gasteiger partial charge in [-0.3, -0.25) is 9.78 Å². The molecule has 2 aromatic heterocycles. The molecule has 0 unspecified atom stereocenters. The van der Waals surface area contributed by atoms with Crippen LogP contribution in [0.4, 0.5) is 0 Å². The summed E-state index contributed by atoms with van der Waals surface area (Å²) in [7, 11) is 0. The van der Waals surface area contributed by atoms with Gasteiger partial charge in [-0.1, -0.05) is 42.1 Å². The number of hydrogen-bond donors (Lipinski definition) is 2. The third kappa shape index (κ3) is 3.09. The van der Waals surface area contributed by atoms with Crippen molar-refractivity contribution in [2.24, 2.45) is 0 Å². The number of aliphatic hydroxyl groups excluding tert-OH is 1. The predicted octanol–water partition coefficient (Wildman–Crippen LogP) is 1.50. The van der Waals surface area contributed by atoms with Crippen LogP contribution in [0.5, 0.6) is 0 Å². The van der Waals surface area contributed by atoms with Crippen LogP contribution in [0.3, 0.4) is 0 Å². The molecule has 7 heteroatoms. The van der Waals surface area contributed by atoms with E-state index < -0.39 is 0 Å². The molecule has 1 aromatic carbocycles. The van der Waals surface area contributed by atoms with Crippen molar-refractivity contribution >= 4 is 22.9 Å². The third-order valence-electron chi connectivity index (χ3n) is 2.83. The molecule has 0 aliphatic heterocycles. The molecule has 0 aliphatic rings. The number of nitrogens with zero attached hydrogens (tertiary/aromatic N) is 3. The van der Waals surface area contributed by atoms with Gasteiger partial charge in [0, 0.05) is 5.75 Å². The highest BCUT2D eigenvalue weighted by atomic mass is 32.2. The van der Waals surface area contributed by atoms with E-state index in [0.29, 0.717) is 16.6 Å². The number of H-pyrrole nitrogens is 1. The average molecular weight is 300 g/mol. The summed E-state index contributed by atoms with van der Waals surface area (Å²) >= 11 is 1.43. The molecule has 2 heterocycles. The van der Waals surface area contributed by atoms with Crippen LogP contribution in [0.2, 0.25) is 0 Å². The number of rotatable bonds is 4. The van der Waals surface area contributed by atoms with Gasteiger partial charge in [-0.2, -0.15) is 0 Å². The molecule has 0 aliphatic carbocycles. The molecule has 0 radical (unpaired) electrons. The number of aromatic nitrogens is 4. The van der Waals surface area contributed by atoms with E-state index in [1.807, 2.05) is 30.3 Å². The van der Waals surface area contributed by atoms with Crippen LogP contribution in [0.25, 0.3) is 11.2 Å². The molecule has 3 aromatic rings. The SMILES string of the molecule is O=c1[nH]c(SCc2ccccc2)nc2ncc(CO)nc12. The Morgan fingerprint density at radius 3 is 2.76 bits per heavy atom. The maximum absolute atomic E-state index is 12.0. The summed E-state index contributed by atoms with van der Waals surface area (Å²) in [5, 5.41) is 9.52. The standard InChI is InChI=1S/C14H12N4O2S/c19-7-10-6-15-12-11(16-10)13(20)18-14(17-12)21-8-9-4-2-1-3-5-9/h1-6,19H,7-8H2,(H,15,17,18,20). The van der Waals surface area contributed by atoms with Crippen molar-refractivity contribution in [3.05, 3.63) is 58.1 Å². The smallest absolute Gasteiger partial charge is 0.279 e. The first-order chi connectivity index (χ1) is 10.3. The van der Waals surface area contributed by atoms with Crippen LogP contribution in [0.1, 0.15) is 11.3 Å². The van der Waals surface area contributed by atoms with Gasteiger partial charge in [0.2, 0.25) is 0 Å². The highest BCUT2D eigenvalue weighted by molar-refractivity contribution is 7.98. The van der Waals surface area contributed by atoms with Gasteiger partial charge in [-0.25, -0.2) is 15.0 Å². The minimum atomic E-state index is -0.349. The van der Waals surface area contributed by atoms with E-state index in [0.717, 1.165) is 5.56 Å². The Hall–Kier alpha value is -2.25. The molecule has 0 bridgehead atoms. The second-order valence-corrected chi connectivity index (χ2v) is 5.30. The average Bonchev–Trinajstić information content (AvgIpc) is 2.54. The monoisotopic (exact) mass is 300 g/mol. The van der Waals surface area contributed by atoms with E-state index in [1.54, 1.807) is 0 Å². The lowest BCUT2D eigenvalue weighted by atomic mass is 10.2. The zero-order valence-corrected chi connectivity index (χ0v) is 11.8. The molecule has 0 amide bonds. The molecule has 3 rings (SSSR count). The van der Waals surface area contributed by atoms with Crippen molar-refractivity contribution in [3.8, 4) is 0 Å². The first kappa shape index (κ1) is 13.7. The van der Waals surface area contributed by atoms with Crippen LogP contribution >= 0.6 is 11.8 Å². The number of benzene rings is 1. The van der Waals surface area contributed by atoms with Crippen molar-refractivity contribution in [3.63, 3.8) is 0 Å². The summed E-state index contributed by atoms with van der Waals surface area (Å²) in [6, 6.07) is 9.92. The van der Waals surface area contributed by atoms with Crippen molar-refractivity contribution < 1.29 is 5.11 Å². The van der Waals surface area contributed by atoms with E-state index >= 15 is 0 Å². The molecule has 21 heavy (non-hydrogen) atoms. The highest BCUT2D eigenvalue weighted by Gasteiger charge is 2.08. The van der Waals surface area contributed by atoms with Gasteiger partial charge >= 0.3 is 0 Å². The minimum Gasteiger partial charge on any atom is -0.390 e. The molecule has 6 nitrogen and oxygen atoms in total. The molecule has 0 saturated carbocycles. The fraction of sp³-hybridized carbons (Fsp3) is 0.143. The molecule has 2 N–H and O–H groups in total. The first-order valence-electron chi connectivity index (χ1n) is 6.30. The molecule has 0 atom stereocenters. The normalized spacial score (nSPS) is 10.9. The Kier molecular flexibility index (Phi) is 3.94. The van der Waals surface area contributed by atoms with Crippen LogP contribution in [0, 0.1) is 0 Å². The Morgan fingerprint density at radius 2 is 2.00 bits per heavy atom. The predicted molar refractivity (Wildman–Crippen MR) is 79.9 cm³/mol. The van der Waals surface area contributed by atoms with Gasteiger partial charge in [0.05, 0.1) is 18.5 Å². The fourth-order valence-electron chi connectivity index (χ4n) is 1.80. The highest BCUT2D eigenvalue weighted by Crippen LogP contribution is 2.18. The Bertz CT molecular complexity index is 820. The van der Waals surface area contributed by atoms with Gasteiger partial charge in [0.15, 0.2) is 16.3 Å². The van der Waals surface area contributed by atoms with Crippen molar-refractivity contribution in [1.82, 2.24) is 19.9 Å². The maximum atomic E-state index is 12.0. The van der Waals surface area contributed by atoms with E-state index in [-0.39, 0.29) is 23.3 Å². The van der Waals surface area contributed by atoms with E-state index in [4.69, 9.17) is 5.11 Å². The van der Waals surface area contributed by atoms with Gasteiger partial charge in [-0.15, -0.1) is 0 Å². The van der Waals surface area contributed by atoms with Crippen molar-refractivity contribution in [2.75, 3.05) is 0 Å². The lowest BCUT2D eigenvalue weighted by Crippen LogP contribution is -2.12. The van der Waals surface area contributed by atoms with E-state index in [2.05, 4.69) is 19.9 Å². The number of nitrogens with one attached hydrogen (secondary N) is 1. The van der Waals surface area contributed by atoms with Gasteiger partial charge < -0.3 is 5.11 Å². The second kappa shape index (κ2) is 6.02. The Labute approximate surface area is 124 Å². The number of aromatic amines is 1.